The summed E-state index contributed by atoms with van der Waals surface area (Å²) in [5, 5.41) is 13.3. The summed E-state index contributed by atoms with van der Waals surface area (Å²) in [5.74, 6) is -0.0534. The Hall–Kier alpha value is -1.81. The Kier molecular flexibility index (Phi) is 5.02. The molecule has 0 saturated carbocycles. The Morgan fingerprint density at radius 1 is 1.29 bits per heavy atom. The highest BCUT2D eigenvalue weighted by atomic mass is 16.3. The number of hydrogen-bond donors (Lipinski definition) is 3. The number of carbonyl (C=O) groups is 1. The zero-order valence-electron chi connectivity index (χ0n) is 12.8. The van der Waals surface area contributed by atoms with Gasteiger partial charge in [0.05, 0.1) is 0 Å². The van der Waals surface area contributed by atoms with E-state index in [4.69, 9.17) is 0 Å². The minimum atomic E-state index is -0.0534. The van der Waals surface area contributed by atoms with Crippen LogP contribution in [0.4, 0.5) is 0 Å². The van der Waals surface area contributed by atoms with Gasteiger partial charge in [-0.05, 0) is 48.9 Å². The smallest absolute Gasteiger partial charge is 0.251 e. The highest BCUT2D eigenvalue weighted by Gasteiger charge is 2.26. The molecule has 2 rings (SSSR count). The minimum absolute atomic E-state index is 0.0113. The third kappa shape index (κ3) is 3.45. The van der Waals surface area contributed by atoms with E-state index in [0.717, 1.165) is 30.2 Å². The van der Waals surface area contributed by atoms with E-state index in [0.29, 0.717) is 12.1 Å². The molecule has 0 aliphatic rings. The van der Waals surface area contributed by atoms with Gasteiger partial charge in [0.15, 0.2) is 0 Å². The molecule has 0 unspecified atom stereocenters. The Balaban J connectivity index is 2.06. The molecule has 1 amide bonds. The van der Waals surface area contributed by atoms with Gasteiger partial charge < -0.3 is 15.4 Å². The summed E-state index contributed by atoms with van der Waals surface area (Å²) in [7, 11) is 0. The molecule has 2 aromatic rings. The van der Waals surface area contributed by atoms with Crippen molar-refractivity contribution >= 4 is 16.8 Å². The van der Waals surface area contributed by atoms with Crippen molar-refractivity contribution in [1.29, 1.82) is 0 Å². The monoisotopic (exact) mass is 288 g/mol. The highest BCUT2D eigenvalue weighted by molar-refractivity contribution is 5.98. The number of aromatic amines is 1. The van der Waals surface area contributed by atoms with Crippen molar-refractivity contribution in [2.24, 2.45) is 5.41 Å². The van der Waals surface area contributed by atoms with Gasteiger partial charge in [-0.25, -0.2) is 0 Å². The van der Waals surface area contributed by atoms with Gasteiger partial charge in [0.2, 0.25) is 0 Å². The van der Waals surface area contributed by atoms with Crippen LogP contribution in [0.25, 0.3) is 10.9 Å². The Morgan fingerprint density at radius 3 is 2.71 bits per heavy atom. The number of H-pyrrole nitrogens is 1. The lowest BCUT2D eigenvalue weighted by Crippen LogP contribution is -2.37. The second kappa shape index (κ2) is 6.76. The van der Waals surface area contributed by atoms with Crippen LogP contribution in [-0.2, 0) is 0 Å². The van der Waals surface area contributed by atoms with Crippen molar-refractivity contribution in [2.45, 2.75) is 33.1 Å². The van der Waals surface area contributed by atoms with Gasteiger partial charge >= 0.3 is 0 Å². The number of aromatic nitrogens is 1. The van der Waals surface area contributed by atoms with E-state index in [1.165, 1.54) is 0 Å². The van der Waals surface area contributed by atoms with Crippen LogP contribution in [0.1, 0.15) is 43.5 Å². The lowest BCUT2D eigenvalue weighted by atomic mass is 9.79. The zero-order chi connectivity index (χ0) is 15.3. The van der Waals surface area contributed by atoms with Crippen LogP contribution in [-0.4, -0.2) is 29.1 Å². The van der Waals surface area contributed by atoms with Crippen molar-refractivity contribution in [2.75, 3.05) is 13.2 Å². The van der Waals surface area contributed by atoms with Gasteiger partial charge in [-0.3, -0.25) is 4.79 Å². The molecule has 3 N–H and O–H groups in total. The normalized spacial score (nSPS) is 11.8. The Labute approximate surface area is 125 Å². The summed E-state index contributed by atoms with van der Waals surface area (Å²) in [5.41, 5.74) is 1.69. The largest absolute Gasteiger partial charge is 0.396 e. The fourth-order valence-corrected chi connectivity index (χ4v) is 2.74. The summed E-state index contributed by atoms with van der Waals surface area (Å²) >= 11 is 0. The predicted molar refractivity (Wildman–Crippen MR) is 85.3 cm³/mol. The third-order valence-corrected chi connectivity index (χ3v) is 4.58. The van der Waals surface area contributed by atoms with Gasteiger partial charge in [-0.2, -0.15) is 0 Å². The number of amides is 1. The van der Waals surface area contributed by atoms with E-state index < -0.39 is 0 Å². The third-order valence-electron chi connectivity index (χ3n) is 4.58. The first-order valence-electron chi connectivity index (χ1n) is 7.60. The number of fused-ring (bicyclic) bond motifs is 1. The van der Waals surface area contributed by atoms with Crippen LogP contribution in [0.3, 0.4) is 0 Å². The standard InChI is InChI=1S/C17H24N2O2/c1-3-17(4-2,8-10-20)12-19-16(21)14-5-6-15-13(11-14)7-9-18-15/h5-7,9,11,18,20H,3-4,8,10,12H2,1-2H3,(H,19,21). The maximum atomic E-state index is 12.3. The van der Waals surface area contributed by atoms with Crippen LogP contribution >= 0.6 is 0 Å². The van der Waals surface area contributed by atoms with E-state index in [1.54, 1.807) is 0 Å². The van der Waals surface area contributed by atoms with Gasteiger partial charge in [0, 0.05) is 35.8 Å². The molecule has 1 heterocycles. The molecular weight excluding hydrogens is 264 g/mol. The molecule has 0 spiro atoms. The molecule has 4 nitrogen and oxygen atoms in total. The van der Waals surface area contributed by atoms with Crippen LogP contribution in [0.2, 0.25) is 0 Å². The van der Waals surface area contributed by atoms with Crippen molar-refractivity contribution in [3.8, 4) is 0 Å². The van der Waals surface area contributed by atoms with E-state index in [9.17, 15) is 9.90 Å². The Morgan fingerprint density at radius 2 is 2.05 bits per heavy atom. The molecule has 4 heteroatoms. The summed E-state index contributed by atoms with van der Waals surface area (Å²) in [6.45, 7) is 4.98. The molecular formula is C17H24N2O2. The van der Waals surface area contributed by atoms with Crippen LogP contribution < -0.4 is 5.32 Å². The zero-order valence-corrected chi connectivity index (χ0v) is 12.8. The first-order valence-corrected chi connectivity index (χ1v) is 7.60. The fraction of sp³-hybridized carbons (Fsp3) is 0.471. The van der Waals surface area contributed by atoms with Crippen LogP contribution in [0.15, 0.2) is 30.5 Å². The van der Waals surface area contributed by atoms with Gasteiger partial charge in [-0.15, -0.1) is 0 Å². The van der Waals surface area contributed by atoms with Crippen LogP contribution in [0, 0.1) is 5.41 Å². The summed E-state index contributed by atoms with van der Waals surface area (Å²) < 4.78 is 0. The van der Waals surface area contributed by atoms with Crippen molar-refractivity contribution in [3.05, 3.63) is 36.0 Å². The Bertz CT molecular complexity index is 600. The van der Waals surface area contributed by atoms with Gasteiger partial charge in [0.25, 0.3) is 5.91 Å². The van der Waals surface area contributed by atoms with Crippen LogP contribution in [0.5, 0.6) is 0 Å². The second-order valence-corrected chi connectivity index (χ2v) is 5.64. The molecule has 0 fully saturated rings. The number of aliphatic hydroxyl groups is 1. The molecule has 0 saturated heterocycles. The number of carbonyl (C=O) groups excluding carboxylic acids is 1. The van der Waals surface area contributed by atoms with Gasteiger partial charge in [-0.1, -0.05) is 13.8 Å². The predicted octanol–water partition coefficient (Wildman–Crippen LogP) is 3.09. The SMILES string of the molecule is CCC(CC)(CCO)CNC(=O)c1ccc2[nH]ccc2c1. The molecule has 1 aromatic heterocycles. The fourth-order valence-electron chi connectivity index (χ4n) is 2.74. The average Bonchev–Trinajstić information content (AvgIpc) is 2.98. The molecule has 114 valence electrons. The molecule has 1 aromatic carbocycles. The number of hydrogen-bond acceptors (Lipinski definition) is 2. The first kappa shape index (κ1) is 15.6. The minimum Gasteiger partial charge on any atom is -0.396 e. The molecule has 0 radical (unpaired) electrons. The van der Waals surface area contributed by atoms with Gasteiger partial charge in [0.1, 0.15) is 0 Å². The van der Waals surface area contributed by atoms with E-state index in [2.05, 4.69) is 24.1 Å². The maximum absolute atomic E-state index is 12.3. The number of benzene rings is 1. The molecule has 0 bridgehead atoms. The summed E-state index contributed by atoms with van der Waals surface area (Å²) in [6, 6.07) is 7.61. The molecule has 0 aliphatic heterocycles. The quantitative estimate of drug-likeness (QED) is 0.733. The lowest BCUT2D eigenvalue weighted by Gasteiger charge is -2.31. The topological polar surface area (TPSA) is 65.1 Å². The summed E-state index contributed by atoms with van der Waals surface area (Å²) in [6.07, 6.45) is 4.48. The van der Waals surface area contributed by atoms with Crippen molar-refractivity contribution < 1.29 is 9.90 Å². The first-order chi connectivity index (χ1) is 10.1. The molecule has 0 atom stereocenters. The number of aliphatic hydroxyl groups excluding tert-OH is 1. The van der Waals surface area contributed by atoms with Crippen molar-refractivity contribution in [3.63, 3.8) is 0 Å². The van der Waals surface area contributed by atoms with E-state index in [1.807, 2.05) is 30.5 Å². The number of rotatable bonds is 7. The second-order valence-electron chi connectivity index (χ2n) is 5.64. The number of nitrogens with one attached hydrogen (secondary N) is 2. The average molecular weight is 288 g/mol. The van der Waals surface area contributed by atoms with Crippen molar-refractivity contribution in [1.82, 2.24) is 10.3 Å². The molecule has 0 aliphatic carbocycles. The maximum Gasteiger partial charge on any atom is 0.251 e. The lowest BCUT2D eigenvalue weighted by molar-refractivity contribution is 0.0907. The van der Waals surface area contributed by atoms with E-state index >= 15 is 0 Å². The summed E-state index contributed by atoms with van der Waals surface area (Å²) in [4.78, 5) is 15.4. The molecule has 21 heavy (non-hydrogen) atoms. The van der Waals surface area contributed by atoms with E-state index in [-0.39, 0.29) is 17.9 Å². The highest BCUT2D eigenvalue weighted by Crippen LogP contribution is 2.29.